The van der Waals surface area contributed by atoms with Crippen molar-refractivity contribution in [3.05, 3.63) is 39.4 Å². The summed E-state index contributed by atoms with van der Waals surface area (Å²) in [5.41, 5.74) is 0.894. The van der Waals surface area contributed by atoms with Gasteiger partial charge in [0.1, 0.15) is 0 Å². The highest BCUT2D eigenvalue weighted by molar-refractivity contribution is 5.95. The number of nitro benzene ring substituents is 1. The summed E-state index contributed by atoms with van der Waals surface area (Å²) in [6.45, 7) is 4.39. The minimum atomic E-state index is -0.505. The minimum Gasteiger partial charge on any atom is -0.328 e. The molecule has 0 unspecified atom stereocenters. The fraction of sp³-hybridized carbons (Fsp3) is 0.357. The van der Waals surface area contributed by atoms with E-state index in [4.69, 9.17) is 6.42 Å². The molecule has 0 atom stereocenters. The summed E-state index contributed by atoms with van der Waals surface area (Å²) < 4.78 is 0. The summed E-state index contributed by atoms with van der Waals surface area (Å²) in [7, 11) is 0. The molecule has 0 spiro atoms. The average molecular weight is 260 g/mol. The van der Waals surface area contributed by atoms with Gasteiger partial charge in [-0.2, -0.15) is 0 Å². The third-order valence-electron chi connectivity index (χ3n) is 2.58. The van der Waals surface area contributed by atoms with Gasteiger partial charge in [0.05, 0.1) is 11.5 Å². The van der Waals surface area contributed by atoms with E-state index in [-0.39, 0.29) is 18.1 Å². The van der Waals surface area contributed by atoms with Crippen LogP contribution in [-0.4, -0.2) is 28.8 Å². The zero-order valence-electron chi connectivity index (χ0n) is 11.0. The maximum absolute atomic E-state index is 12.3. The summed E-state index contributed by atoms with van der Waals surface area (Å²) in [6.07, 6.45) is 6.01. The smallest absolute Gasteiger partial charge is 0.270 e. The predicted octanol–water partition coefficient (Wildman–Crippen LogP) is 2.39. The van der Waals surface area contributed by atoms with E-state index >= 15 is 0 Å². The van der Waals surface area contributed by atoms with E-state index in [1.165, 1.54) is 17.0 Å². The first-order chi connectivity index (χ1) is 8.99. The Labute approximate surface area is 112 Å². The summed E-state index contributed by atoms with van der Waals surface area (Å²) >= 11 is 0. The molecule has 0 radical (unpaired) electrons. The Kier molecular flexibility index (Phi) is 5.07. The zero-order chi connectivity index (χ0) is 14.4. The van der Waals surface area contributed by atoms with Gasteiger partial charge in [0.25, 0.3) is 11.6 Å². The molecule has 0 aliphatic heterocycles. The maximum atomic E-state index is 12.3. The van der Waals surface area contributed by atoms with Crippen LogP contribution in [0, 0.1) is 29.4 Å². The van der Waals surface area contributed by atoms with Crippen molar-refractivity contribution in [1.82, 2.24) is 4.90 Å². The Balaban J connectivity index is 3.10. The number of rotatable bonds is 5. The monoisotopic (exact) mass is 260 g/mol. The van der Waals surface area contributed by atoms with Gasteiger partial charge in [-0.05, 0) is 25.0 Å². The molecule has 19 heavy (non-hydrogen) atoms. The summed E-state index contributed by atoms with van der Waals surface area (Å²) in [5.74, 6) is 2.15. The second kappa shape index (κ2) is 6.55. The standard InChI is InChI=1S/C14H16N2O3/c1-4-6-15(7-5-2)14(17)12-8-11(3)9-13(10-12)16(18)19/h1,8-10H,5-7H2,2-3H3. The molecule has 0 bridgehead atoms. The molecule has 1 rings (SSSR count). The van der Waals surface area contributed by atoms with Crippen molar-refractivity contribution < 1.29 is 9.72 Å². The van der Waals surface area contributed by atoms with Gasteiger partial charge < -0.3 is 4.90 Å². The summed E-state index contributed by atoms with van der Waals surface area (Å²) in [4.78, 5) is 24.1. The lowest BCUT2D eigenvalue weighted by Gasteiger charge is -2.19. The van der Waals surface area contributed by atoms with Gasteiger partial charge >= 0.3 is 0 Å². The molecule has 1 amide bonds. The van der Waals surface area contributed by atoms with E-state index in [1.54, 1.807) is 13.0 Å². The normalized spacial score (nSPS) is 9.74. The molecular weight excluding hydrogens is 244 g/mol. The largest absolute Gasteiger partial charge is 0.328 e. The second-order valence-electron chi connectivity index (χ2n) is 4.25. The van der Waals surface area contributed by atoms with Crippen molar-refractivity contribution in [2.75, 3.05) is 13.1 Å². The molecule has 0 N–H and O–H groups in total. The van der Waals surface area contributed by atoms with E-state index in [9.17, 15) is 14.9 Å². The Morgan fingerprint density at radius 2 is 2.16 bits per heavy atom. The number of aryl methyl sites for hydroxylation is 1. The van der Waals surface area contributed by atoms with E-state index < -0.39 is 4.92 Å². The first-order valence-corrected chi connectivity index (χ1v) is 5.98. The molecule has 0 aromatic heterocycles. The van der Waals surface area contributed by atoms with Gasteiger partial charge in [-0.15, -0.1) is 6.42 Å². The molecule has 5 heteroatoms. The van der Waals surface area contributed by atoms with Crippen LogP contribution >= 0.6 is 0 Å². The summed E-state index contributed by atoms with van der Waals surface area (Å²) in [5, 5.41) is 10.8. The van der Waals surface area contributed by atoms with Crippen LogP contribution in [-0.2, 0) is 0 Å². The highest BCUT2D eigenvalue weighted by atomic mass is 16.6. The van der Waals surface area contributed by atoms with Crippen LogP contribution in [0.15, 0.2) is 18.2 Å². The van der Waals surface area contributed by atoms with E-state index in [0.29, 0.717) is 17.7 Å². The van der Waals surface area contributed by atoms with E-state index in [1.807, 2.05) is 6.92 Å². The van der Waals surface area contributed by atoms with Crippen LogP contribution in [0.3, 0.4) is 0 Å². The number of carbonyl (C=O) groups excluding carboxylic acids is 1. The van der Waals surface area contributed by atoms with Crippen LogP contribution in [0.1, 0.15) is 29.3 Å². The van der Waals surface area contributed by atoms with Crippen LogP contribution in [0.2, 0.25) is 0 Å². The SMILES string of the molecule is C#CCN(CCC)C(=O)c1cc(C)cc([N+](=O)[O-])c1. The second-order valence-corrected chi connectivity index (χ2v) is 4.25. The molecular formula is C14H16N2O3. The molecule has 0 aliphatic rings. The molecule has 0 fully saturated rings. The lowest BCUT2D eigenvalue weighted by atomic mass is 10.1. The molecule has 100 valence electrons. The fourth-order valence-corrected chi connectivity index (χ4v) is 1.81. The molecule has 0 saturated heterocycles. The lowest BCUT2D eigenvalue weighted by molar-refractivity contribution is -0.384. The quantitative estimate of drug-likeness (QED) is 0.464. The highest BCUT2D eigenvalue weighted by Crippen LogP contribution is 2.18. The number of non-ortho nitro benzene ring substituents is 1. The lowest BCUT2D eigenvalue weighted by Crippen LogP contribution is -2.32. The number of nitro groups is 1. The zero-order valence-corrected chi connectivity index (χ0v) is 11.0. The van der Waals surface area contributed by atoms with Crippen molar-refractivity contribution in [3.63, 3.8) is 0 Å². The molecule has 0 aliphatic carbocycles. The van der Waals surface area contributed by atoms with Crippen LogP contribution in [0.5, 0.6) is 0 Å². The Morgan fingerprint density at radius 1 is 1.47 bits per heavy atom. The van der Waals surface area contributed by atoms with Gasteiger partial charge in [0, 0.05) is 24.2 Å². The fourth-order valence-electron chi connectivity index (χ4n) is 1.81. The molecule has 0 saturated carbocycles. The summed E-state index contributed by atoms with van der Waals surface area (Å²) in [6, 6.07) is 4.35. The van der Waals surface area contributed by atoms with Crippen molar-refractivity contribution in [3.8, 4) is 12.3 Å². The Bertz CT molecular complexity index is 532. The van der Waals surface area contributed by atoms with Gasteiger partial charge in [0.2, 0.25) is 0 Å². The van der Waals surface area contributed by atoms with E-state index in [2.05, 4.69) is 5.92 Å². The number of hydrogen-bond donors (Lipinski definition) is 0. The van der Waals surface area contributed by atoms with Gasteiger partial charge in [-0.3, -0.25) is 14.9 Å². The third-order valence-corrected chi connectivity index (χ3v) is 2.58. The van der Waals surface area contributed by atoms with Gasteiger partial charge in [-0.25, -0.2) is 0 Å². The number of benzene rings is 1. The van der Waals surface area contributed by atoms with Crippen LogP contribution < -0.4 is 0 Å². The molecule has 1 aromatic carbocycles. The van der Waals surface area contributed by atoms with Crippen molar-refractivity contribution in [2.24, 2.45) is 0 Å². The van der Waals surface area contributed by atoms with E-state index in [0.717, 1.165) is 6.42 Å². The number of nitrogens with zero attached hydrogens (tertiary/aromatic N) is 2. The highest BCUT2D eigenvalue weighted by Gasteiger charge is 2.17. The molecule has 1 aromatic rings. The first kappa shape index (κ1) is 14.7. The first-order valence-electron chi connectivity index (χ1n) is 5.98. The number of amides is 1. The Hall–Kier alpha value is -2.35. The number of carbonyl (C=O) groups is 1. The van der Waals surface area contributed by atoms with Gasteiger partial charge in [0.15, 0.2) is 0 Å². The number of terminal acetylenes is 1. The van der Waals surface area contributed by atoms with Gasteiger partial charge in [-0.1, -0.05) is 12.8 Å². The molecule has 0 heterocycles. The maximum Gasteiger partial charge on any atom is 0.270 e. The number of hydrogen-bond acceptors (Lipinski definition) is 3. The van der Waals surface area contributed by atoms with Crippen LogP contribution in [0.4, 0.5) is 5.69 Å². The topological polar surface area (TPSA) is 63.5 Å². The molecule has 5 nitrogen and oxygen atoms in total. The average Bonchev–Trinajstić information content (AvgIpc) is 2.37. The Morgan fingerprint density at radius 3 is 2.68 bits per heavy atom. The van der Waals surface area contributed by atoms with Crippen LogP contribution in [0.25, 0.3) is 0 Å². The van der Waals surface area contributed by atoms with Crippen molar-refractivity contribution in [2.45, 2.75) is 20.3 Å². The van der Waals surface area contributed by atoms with Crippen molar-refractivity contribution >= 4 is 11.6 Å². The minimum absolute atomic E-state index is 0.0829. The van der Waals surface area contributed by atoms with Crippen molar-refractivity contribution in [1.29, 1.82) is 0 Å². The third kappa shape index (κ3) is 3.81. The predicted molar refractivity (Wildman–Crippen MR) is 72.9 cm³/mol.